The van der Waals surface area contributed by atoms with E-state index >= 15 is 0 Å². The average Bonchev–Trinajstić information content (AvgIpc) is 2.49. The van der Waals surface area contributed by atoms with Crippen LogP contribution >= 0.6 is 11.8 Å². The van der Waals surface area contributed by atoms with E-state index in [0.717, 1.165) is 11.3 Å². The predicted octanol–water partition coefficient (Wildman–Crippen LogP) is 2.44. The van der Waals surface area contributed by atoms with E-state index in [-0.39, 0.29) is 18.4 Å². The van der Waals surface area contributed by atoms with Crippen LogP contribution in [0.5, 0.6) is 0 Å². The zero-order valence-electron chi connectivity index (χ0n) is 11.8. The topological polar surface area (TPSA) is 73.1 Å². The third-order valence-corrected chi connectivity index (χ3v) is 4.03. The number of carbonyl (C=O) groups is 1. The van der Waals surface area contributed by atoms with Crippen molar-refractivity contribution in [3.63, 3.8) is 0 Å². The summed E-state index contributed by atoms with van der Waals surface area (Å²) in [6, 6.07) is 9.19. The molecule has 0 saturated heterocycles. The summed E-state index contributed by atoms with van der Waals surface area (Å²) in [5.41, 5.74) is 0.546. The van der Waals surface area contributed by atoms with Crippen LogP contribution in [0.4, 0.5) is 0 Å². The Bertz CT molecular complexity index is 485. The molecule has 2 atom stereocenters. The number of rotatable bonds is 7. The lowest BCUT2D eigenvalue weighted by Gasteiger charge is -2.17. The highest BCUT2D eigenvalue weighted by molar-refractivity contribution is 7.99. The Kier molecular flexibility index (Phi) is 7.13. The lowest BCUT2D eigenvalue weighted by atomic mass is 10.0. The first kappa shape index (κ1) is 16.5. The maximum absolute atomic E-state index is 12.0. The van der Waals surface area contributed by atoms with Crippen LogP contribution in [0.15, 0.2) is 29.2 Å². The van der Waals surface area contributed by atoms with Gasteiger partial charge in [0.1, 0.15) is 0 Å². The molecule has 0 radical (unpaired) electrons. The summed E-state index contributed by atoms with van der Waals surface area (Å²) in [7, 11) is 0. The Hall–Kier alpha value is -1.51. The Morgan fingerprint density at radius 3 is 2.95 bits per heavy atom. The number of carbonyl (C=O) groups excluding carboxylic acids is 1. The fraction of sp³-hybridized carbons (Fsp3) is 0.467. The second-order valence-corrected chi connectivity index (χ2v) is 5.69. The number of nitrogens with zero attached hydrogens (tertiary/aromatic N) is 1. The number of amides is 1. The zero-order valence-corrected chi connectivity index (χ0v) is 12.6. The lowest BCUT2D eigenvalue weighted by molar-refractivity contribution is 0.0850. The van der Waals surface area contributed by atoms with E-state index in [4.69, 9.17) is 5.26 Å². The Balaban J connectivity index is 2.57. The minimum absolute atomic E-state index is 0.160. The zero-order chi connectivity index (χ0) is 15.0. The van der Waals surface area contributed by atoms with Gasteiger partial charge in [0.05, 0.1) is 17.9 Å². The molecule has 0 aliphatic heterocycles. The smallest absolute Gasteiger partial charge is 0.251 e. The van der Waals surface area contributed by atoms with Crippen LogP contribution in [0.25, 0.3) is 0 Å². The van der Waals surface area contributed by atoms with Crippen LogP contribution in [-0.4, -0.2) is 29.4 Å². The van der Waals surface area contributed by atoms with Gasteiger partial charge >= 0.3 is 0 Å². The number of nitriles is 1. The van der Waals surface area contributed by atoms with Gasteiger partial charge in [-0.25, -0.2) is 0 Å². The van der Waals surface area contributed by atoms with E-state index in [1.807, 2.05) is 19.9 Å². The van der Waals surface area contributed by atoms with Crippen LogP contribution in [0.1, 0.15) is 30.6 Å². The van der Waals surface area contributed by atoms with Crippen LogP contribution in [0.2, 0.25) is 0 Å². The van der Waals surface area contributed by atoms with E-state index in [1.54, 1.807) is 18.2 Å². The highest BCUT2D eigenvalue weighted by atomic mass is 32.2. The minimum Gasteiger partial charge on any atom is -0.391 e. The summed E-state index contributed by atoms with van der Waals surface area (Å²) in [6.45, 7) is 4.21. The van der Waals surface area contributed by atoms with Gasteiger partial charge in [-0.1, -0.05) is 26.3 Å². The largest absolute Gasteiger partial charge is 0.391 e. The van der Waals surface area contributed by atoms with E-state index in [2.05, 4.69) is 11.4 Å². The fourth-order valence-electron chi connectivity index (χ4n) is 1.62. The van der Waals surface area contributed by atoms with Gasteiger partial charge in [-0.15, -0.1) is 11.8 Å². The highest BCUT2D eigenvalue weighted by Crippen LogP contribution is 2.18. The number of hydrogen-bond donors (Lipinski definition) is 2. The van der Waals surface area contributed by atoms with Crippen LogP contribution < -0.4 is 5.32 Å². The summed E-state index contributed by atoms with van der Waals surface area (Å²) < 4.78 is 0. The maximum Gasteiger partial charge on any atom is 0.251 e. The SMILES string of the molecule is CCC(C)C(O)CNC(=O)c1cccc(SCC#N)c1. The second kappa shape index (κ2) is 8.62. The molecule has 20 heavy (non-hydrogen) atoms. The average molecular weight is 292 g/mol. The van der Waals surface area contributed by atoms with Crippen molar-refractivity contribution in [1.29, 1.82) is 5.26 Å². The number of aliphatic hydroxyl groups excluding tert-OH is 1. The molecule has 0 spiro atoms. The molecule has 1 rings (SSSR count). The molecule has 0 fully saturated rings. The monoisotopic (exact) mass is 292 g/mol. The molecule has 0 saturated carbocycles. The molecule has 0 bridgehead atoms. The van der Waals surface area contributed by atoms with Crippen molar-refractivity contribution in [2.24, 2.45) is 5.92 Å². The Morgan fingerprint density at radius 1 is 1.55 bits per heavy atom. The molecule has 4 nitrogen and oxygen atoms in total. The molecule has 1 amide bonds. The molecule has 1 aromatic carbocycles. The number of aliphatic hydroxyl groups is 1. The summed E-state index contributed by atoms with van der Waals surface area (Å²) in [5.74, 6) is 0.317. The summed E-state index contributed by atoms with van der Waals surface area (Å²) in [4.78, 5) is 12.9. The summed E-state index contributed by atoms with van der Waals surface area (Å²) in [6.07, 6.45) is 0.345. The molecule has 108 valence electrons. The van der Waals surface area contributed by atoms with Gasteiger partial charge < -0.3 is 10.4 Å². The van der Waals surface area contributed by atoms with Crippen molar-refractivity contribution in [3.05, 3.63) is 29.8 Å². The van der Waals surface area contributed by atoms with Gasteiger partial charge in [-0.2, -0.15) is 5.26 Å². The van der Waals surface area contributed by atoms with E-state index < -0.39 is 6.10 Å². The van der Waals surface area contributed by atoms with Crippen LogP contribution in [0.3, 0.4) is 0 Å². The van der Waals surface area contributed by atoms with Gasteiger partial charge in [-0.05, 0) is 24.1 Å². The molecule has 2 unspecified atom stereocenters. The molecular formula is C15H20N2O2S. The number of benzene rings is 1. The number of hydrogen-bond acceptors (Lipinski definition) is 4. The molecule has 2 N–H and O–H groups in total. The first-order valence-corrected chi connectivity index (χ1v) is 7.63. The number of nitrogens with one attached hydrogen (secondary N) is 1. The first-order valence-electron chi connectivity index (χ1n) is 6.64. The van der Waals surface area contributed by atoms with Crippen molar-refractivity contribution < 1.29 is 9.90 Å². The van der Waals surface area contributed by atoms with Gasteiger partial charge in [-0.3, -0.25) is 4.79 Å². The van der Waals surface area contributed by atoms with Crippen molar-refractivity contribution in [1.82, 2.24) is 5.32 Å². The third kappa shape index (κ3) is 5.24. The van der Waals surface area contributed by atoms with Crippen LogP contribution in [0, 0.1) is 17.2 Å². The van der Waals surface area contributed by atoms with E-state index in [0.29, 0.717) is 11.3 Å². The second-order valence-electron chi connectivity index (χ2n) is 4.64. The van der Waals surface area contributed by atoms with Crippen molar-refractivity contribution in [3.8, 4) is 6.07 Å². The Morgan fingerprint density at radius 2 is 2.30 bits per heavy atom. The minimum atomic E-state index is -0.528. The quantitative estimate of drug-likeness (QED) is 0.757. The lowest BCUT2D eigenvalue weighted by Crippen LogP contribution is -2.35. The van der Waals surface area contributed by atoms with Gasteiger partial charge in [0, 0.05) is 17.0 Å². The summed E-state index contributed by atoms with van der Waals surface area (Å²) >= 11 is 1.39. The fourth-order valence-corrected chi connectivity index (χ4v) is 2.23. The molecule has 5 heteroatoms. The van der Waals surface area contributed by atoms with Crippen molar-refractivity contribution in [2.45, 2.75) is 31.3 Å². The molecule has 1 aromatic rings. The molecule has 0 aliphatic rings. The van der Waals surface area contributed by atoms with Crippen LogP contribution in [-0.2, 0) is 0 Å². The third-order valence-electron chi connectivity index (χ3n) is 3.17. The number of thioether (sulfide) groups is 1. The summed E-state index contributed by atoms with van der Waals surface area (Å²) in [5, 5.41) is 21.1. The maximum atomic E-state index is 12.0. The molecular weight excluding hydrogens is 272 g/mol. The van der Waals surface area contributed by atoms with Gasteiger partial charge in [0.25, 0.3) is 5.91 Å². The van der Waals surface area contributed by atoms with Gasteiger partial charge in [0.15, 0.2) is 0 Å². The predicted molar refractivity (Wildman–Crippen MR) is 80.6 cm³/mol. The molecule has 0 heterocycles. The normalized spacial score (nSPS) is 13.3. The Labute approximate surface area is 124 Å². The standard InChI is InChI=1S/C15H20N2O2S/c1-3-11(2)14(18)10-17-15(19)12-5-4-6-13(9-12)20-8-7-16/h4-6,9,11,14,18H,3,8,10H2,1-2H3,(H,17,19). The highest BCUT2D eigenvalue weighted by Gasteiger charge is 2.14. The van der Waals surface area contributed by atoms with E-state index in [1.165, 1.54) is 11.8 Å². The van der Waals surface area contributed by atoms with Gasteiger partial charge in [0.2, 0.25) is 0 Å². The molecule has 0 aromatic heterocycles. The molecule has 0 aliphatic carbocycles. The van der Waals surface area contributed by atoms with Crippen molar-refractivity contribution in [2.75, 3.05) is 12.3 Å². The van der Waals surface area contributed by atoms with Crippen molar-refractivity contribution >= 4 is 17.7 Å². The first-order chi connectivity index (χ1) is 9.58. The van der Waals surface area contributed by atoms with E-state index in [9.17, 15) is 9.90 Å².